The van der Waals surface area contributed by atoms with E-state index >= 15 is 0 Å². The van der Waals surface area contributed by atoms with Gasteiger partial charge in [0.2, 0.25) is 6.79 Å². The Morgan fingerprint density at radius 2 is 1.15 bits per heavy atom. The Bertz CT molecular complexity index is 3110. The summed E-state index contributed by atoms with van der Waals surface area (Å²) in [6.07, 6.45) is 0. The summed E-state index contributed by atoms with van der Waals surface area (Å²) in [6, 6.07) is 54.2. The molecule has 59 heavy (non-hydrogen) atoms. The van der Waals surface area contributed by atoms with Crippen LogP contribution in [-0.4, -0.2) is 13.5 Å². The van der Waals surface area contributed by atoms with Gasteiger partial charge < -0.3 is 28.1 Å². The molecular weight excluding hydrogens is 727 g/mol. The van der Waals surface area contributed by atoms with E-state index in [2.05, 4.69) is 153 Å². The molecule has 9 aromatic rings. The van der Waals surface area contributed by atoms with Gasteiger partial charge in [-0.1, -0.05) is 81.4 Å². The second-order valence-electron chi connectivity index (χ2n) is 17.0. The lowest BCUT2D eigenvalue weighted by molar-refractivity contribution is 0.174. The average molecular weight is 767 g/mol. The Balaban J connectivity index is 1.12. The zero-order chi connectivity index (χ0) is 39.6. The zero-order valence-corrected chi connectivity index (χ0v) is 33.2. The van der Waals surface area contributed by atoms with Gasteiger partial charge in [0.15, 0.2) is 11.5 Å². The number of benzene rings is 7. The highest BCUT2D eigenvalue weighted by molar-refractivity contribution is 7.00. The molecule has 7 aromatic carbocycles. The van der Waals surface area contributed by atoms with Crippen LogP contribution >= 0.6 is 0 Å². The van der Waals surface area contributed by atoms with Crippen molar-refractivity contribution >= 4 is 79.2 Å². The lowest BCUT2D eigenvalue weighted by Gasteiger charge is -2.45. The molecule has 0 saturated carbocycles. The van der Waals surface area contributed by atoms with Crippen LogP contribution in [0.25, 0.3) is 44.6 Å². The summed E-state index contributed by atoms with van der Waals surface area (Å²) < 4.78 is 25.0. The van der Waals surface area contributed by atoms with Crippen molar-refractivity contribution in [3.63, 3.8) is 0 Å². The van der Waals surface area contributed by atoms with Gasteiger partial charge in [0, 0.05) is 50.3 Å². The van der Waals surface area contributed by atoms with Gasteiger partial charge >= 0.3 is 0 Å². The molecule has 0 unspecified atom stereocenters. The zero-order valence-electron chi connectivity index (χ0n) is 33.2. The number of aryl methyl sites for hydroxylation is 1. The van der Waals surface area contributed by atoms with Crippen LogP contribution in [0.3, 0.4) is 0 Å². The Morgan fingerprint density at radius 1 is 0.525 bits per heavy atom. The van der Waals surface area contributed by atoms with Crippen molar-refractivity contribution in [3.05, 3.63) is 163 Å². The maximum absolute atomic E-state index is 6.52. The Kier molecular flexibility index (Phi) is 7.16. The number of rotatable bonds is 4. The Hall–Kier alpha value is -7.12. The fourth-order valence-electron chi connectivity index (χ4n) is 9.41. The number of furan rings is 2. The van der Waals surface area contributed by atoms with Gasteiger partial charge in [-0.2, -0.15) is 0 Å². The first-order valence-corrected chi connectivity index (χ1v) is 20.3. The van der Waals surface area contributed by atoms with Gasteiger partial charge in [0.1, 0.15) is 22.7 Å². The third-order valence-electron chi connectivity index (χ3n) is 12.2. The fourth-order valence-corrected chi connectivity index (χ4v) is 9.41. The van der Waals surface area contributed by atoms with E-state index < -0.39 is 0 Å². The molecule has 7 heteroatoms. The number of para-hydroxylation sites is 3. The van der Waals surface area contributed by atoms with E-state index in [1.807, 2.05) is 36.4 Å². The maximum Gasteiger partial charge on any atom is 0.252 e. The van der Waals surface area contributed by atoms with Crippen molar-refractivity contribution in [1.29, 1.82) is 0 Å². The molecule has 0 fully saturated rings. The molecule has 6 nitrogen and oxygen atoms in total. The first-order valence-electron chi connectivity index (χ1n) is 20.3. The van der Waals surface area contributed by atoms with Gasteiger partial charge in [0.25, 0.3) is 6.71 Å². The highest BCUT2D eigenvalue weighted by Gasteiger charge is 2.45. The van der Waals surface area contributed by atoms with Crippen LogP contribution in [0.1, 0.15) is 31.9 Å². The molecule has 0 saturated heterocycles. The van der Waals surface area contributed by atoms with Crippen LogP contribution in [0.5, 0.6) is 11.5 Å². The van der Waals surface area contributed by atoms with Crippen molar-refractivity contribution in [2.24, 2.45) is 0 Å². The summed E-state index contributed by atoms with van der Waals surface area (Å²) in [5, 5.41) is 2.18. The summed E-state index contributed by atoms with van der Waals surface area (Å²) in [6.45, 7) is 9.18. The molecular formula is C52H39BN2O4. The molecule has 0 N–H and O–H groups in total. The largest absolute Gasteiger partial charge is 0.456 e. The van der Waals surface area contributed by atoms with E-state index in [0.717, 1.165) is 95.8 Å². The van der Waals surface area contributed by atoms with Gasteiger partial charge in [-0.3, -0.25) is 0 Å². The third kappa shape index (κ3) is 5.20. The van der Waals surface area contributed by atoms with Crippen LogP contribution in [-0.2, 0) is 5.41 Å². The Labute approximate surface area is 342 Å². The summed E-state index contributed by atoms with van der Waals surface area (Å²) in [5.41, 5.74) is 16.4. The molecule has 0 bridgehead atoms. The molecule has 0 amide bonds. The molecule has 0 radical (unpaired) electrons. The number of fused-ring (bicyclic) bond motifs is 7. The topological polar surface area (TPSA) is 51.2 Å². The summed E-state index contributed by atoms with van der Waals surface area (Å²) in [5.74, 6) is 3.21. The number of hydrogen-bond acceptors (Lipinski definition) is 6. The van der Waals surface area contributed by atoms with Crippen molar-refractivity contribution in [2.75, 3.05) is 16.6 Å². The predicted molar refractivity (Wildman–Crippen MR) is 240 cm³/mol. The molecule has 5 heterocycles. The van der Waals surface area contributed by atoms with Crippen LogP contribution in [0.4, 0.5) is 34.1 Å². The summed E-state index contributed by atoms with van der Waals surface area (Å²) >= 11 is 0. The molecule has 12 rings (SSSR count). The SMILES string of the molecule is Cc1cc2c3c(c1)N(c1cccc4c1OCO4)c1ccc(C(C)(C)C)cc1B3c1cc(-c3cc4ccccc4o3)ccc1N2c1ccc(-c2cc3ccccc3o2)cc1. The normalized spacial score (nSPS) is 13.9. The number of hydrogen-bond donors (Lipinski definition) is 0. The molecule has 0 spiro atoms. The van der Waals surface area contributed by atoms with E-state index in [1.165, 1.54) is 22.0 Å². The van der Waals surface area contributed by atoms with E-state index in [4.69, 9.17) is 18.3 Å². The van der Waals surface area contributed by atoms with Crippen molar-refractivity contribution in [1.82, 2.24) is 0 Å². The average Bonchev–Trinajstić information content (AvgIpc) is 4.02. The van der Waals surface area contributed by atoms with Gasteiger partial charge in [-0.05, 0) is 131 Å². The number of ether oxygens (including phenoxy) is 2. The lowest BCUT2D eigenvalue weighted by Crippen LogP contribution is -2.61. The quantitative estimate of drug-likeness (QED) is 0.166. The first kappa shape index (κ1) is 34.0. The minimum absolute atomic E-state index is 0.0670. The predicted octanol–water partition coefficient (Wildman–Crippen LogP) is 11.9. The minimum Gasteiger partial charge on any atom is -0.456 e. The molecule has 0 atom stereocenters. The smallest absolute Gasteiger partial charge is 0.252 e. The minimum atomic E-state index is -0.0755. The van der Waals surface area contributed by atoms with Crippen LogP contribution in [0.2, 0.25) is 0 Å². The molecule has 2 aromatic heterocycles. The highest BCUT2D eigenvalue weighted by atomic mass is 16.7. The third-order valence-corrected chi connectivity index (χ3v) is 12.2. The summed E-state index contributed by atoms with van der Waals surface area (Å²) in [4.78, 5) is 4.84. The van der Waals surface area contributed by atoms with Crippen molar-refractivity contribution in [3.8, 4) is 34.1 Å². The Morgan fingerprint density at radius 3 is 1.86 bits per heavy atom. The number of nitrogens with zero attached hydrogens (tertiary/aromatic N) is 2. The van der Waals surface area contributed by atoms with Crippen LogP contribution < -0.4 is 35.7 Å². The van der Waals surface area contributed by atoms with Gasteiger partial charge in [0.05, 0.1) is 5.69 Å². The van der Waals surface area contributed by atoms with E-state index in [9.17, 15) is 0 Å². The fraction of sp³-hybridized carbons (Fsp3) is 0.115. The van der Waals surface area contributed by atoms with Gasteiger partial charge in [-0.25, -0.2) is 0 Å². The molecule has 3 aliphatic rings. The highest BCUT2D eigenvalue weighted by Crippen LogP contribution is 2.50. The first-order chi connectivity index (χ1) is 28.8. The standard InChI is InChI=1S/C52H39BN2O4/c1-31-24-43-50-44(25-31)55(42-12-9-15-47-51(42)57-30-56-47)41-23-19-36(52(2,3)4)29-39(41)53(50)38-26-35(49-28-34-11-6-8-14-46(34)59-49)18-22-40(38)54(43)37-20-16-32(17-21-37)48-27-33-10-5-7-13-45(33)58-48/h5-29H,30H2,1-4H3. The molecule has 0 aliphatic carbocycles. The van der Waals surface area contributed by atoms with Crippen LogP contribution in [0.15, 0.2) is 160 Å². The summed E-state index contributed by atoms with van der Waals surface area (Å²) in [7, 11) is 0. The van der Waals surface area contributed by atoms with Crippen molar-refractivity contribution in [2.45, 2.75) is 33.1 Å². The lowest BCUT2D eigenvalue weighted by atomic mass is 9.33. The molecule has 3 aliphatic heterocycles. The number of anilines is 6. The molecule has 284 valence electrons. The maximum atomic E-state index is 6.52. The van der Waals surface area contributed by atoms with E-state index in [0.29, 0.717) is 0 Å². The van der Waals surface area contributed by atoms with Crippen molar-refractivity contribution < 1.29 is 18.3 Å². The van der Waals surface area contributed by atoms with Gasteiger partial charge in [-0.15, -0.1) is 0 Å². The van der Waals surface area contributed by atoms with Crippen LogP contribution in [0, 0.1) is 6.92 Å². The van der Waals surface area contributed by atoms with E-state index in [-0.39, 0.29) is 18.9 Å². The monoisotopic (exact) mass is 766 g/mol. The second-order valence-corrected chi connectivity index (χ2v) is 17.0. The van der Waals surface area contributed by atoms with E-state index in [1.54, 1.807) is 0 Å². The second kappa shape index (κ2) is 12.4.